The molecule has 0 unspecified atom stereocenters. The second kappa shape index (κ2) is 8.76. The molecule has 0 spiro atoms. The maximum atomic E-state index is 12.4. The van der Waals surface area contributed by atoms with E-state index < -0.39 is 0 Å². The summed E-state index contributed by atoms with van der Waals surface area (Å²) in [6, 6.07) is 7.62. The quantitative estimate of drug-likeness (QED) is 0.908. The van der Waals surface area contributed by atoms with Crippen molar-refractivity contribution in [2.75, 3.05) is 39.8 Å². The number of nitrogens with zero attached hydrogens (tertiary/aromatic N) is 2. The van der Waals surface area contributed by atoms with Gasteiger partial charge in [0, 0.05) is 44.7 Å². The zero-order chi connectivity index (χ0) is 15.2. The van der Waals surface area contributed by atoms with Gasteiger partial charge in [0.15, 0.2) is 0 Å². The van der Waals surface area contributed by atoms with Gasteiger partial charge in [-0.3, -0.25) is 9.59 Å². The fourth-order valence-electron chi connectivity index (χ4n) is 2.43. The molecule has 122 valence electrons. The summed E-state index contributed by atoms with van der Waals surface area (Å²) in [5.41, 5.74) is 1.86. The minimum absolute atomic E-state index is 0. The first-order valence-corrected chi connectivity index (χ1v) is 7.40. The van der Waals surface area contributed by atoms with Gasteiger partial charge in [0.2, 0.25) is 5.91 Å². The van der Waals surface area contributed by atoms with E-state index in [0.717, 1.165) is 11.1 Å². The Balaban J connectivity index is 0.00000242. The molecule has 0 aromatic heterocycles. The van der Waals surface area contributed by atoms with Crippen molar-refractivity contribution in [1.29, 1.82) is 0 Å². The minimum atomic E-state index is 0. The number of hydrogen-bond donors (Lipinski definition) is 1. The topological polar surface area (TPSA) is 52.7 Å². The van der Waals surface area contributed by atoms with E-state index in [9.17, 15) is 9.59 Å². The summed E-state index contributed by atoms with van der Waals surface area (Å²) in [7, 11) is 1.84. The van der Waals surface area contributed by atoms with E-state index >= 15 is 0 Å². The van der Waals surface area contributed by atoms with Crippen LogP contribution in [0.2, 0.25) is 0 Å². The van der Waals surface area contributed by atoms with Gasteiger partial charge < -0.3 is 15.1 Å². The Kier molecular flexibility index (Phi) is 7.35. The predicted octanol–water partition coefficient (Wildman–Crippen LogP) is 1.31. The van der Waals surface area contributed by atoms with Crippen molar-refractivity contribution < 1.29 is 9.59 Å². The molecule has 2 rings (SSSR count). The van der Waals surface area contributed by atoms with Gasteiger partial charge in [0.25, 0.3) is 5.91 Å². The summed E-state index contributed by atoms with van der Waals surface area (Å²) in [4.78, 5) is 28.0. The lowest BCUT2D eigenvalue weighted by molar-refractivity contribution is -0.132. The van der Waals surface area contributed by atoms with Gasteiger partial charge in [-0.25, -0.2) is 0 Å². The zero-order valence-corrected chi connectivity index (χ0v) is 14.0. The van der Waals surface area contributed by atoms with E-state index in [-0.39, 0.29) is 24.2 Å². The van der Waals surface area contributed by atoms with Crippen LogP contribution in [0.15, 0.2) is 24.3 Å². The molecule has 0 saturated carbocycles. The van der Waals surface area contributed by atoms with Crippen LogP contribution in [-0.4, -0.2) is 61.4 Å². The van der Waals surface area contributed by atoms with Crippen molar-refractivity contribution in [3.8, 4) is 0 Å². The van der Waals surface area contributed by atoms with Crippen molar-refractivity contribution in [1.82, 2.24) is 15.1 Å². The summed E-state index contributed by atoms with van der Waals surface area (Å²) in [6.45, 7) is 5.17. The molecule has 1 aromatic rings. The molecular weight excluding hydrogens is 302 g/mol. The van der Waals surface area contributed by atoms with Gasteiger partial charge >= 0.3 is 0 Å². The van der Waals surface area contributed by atoms with Crippen LogP contribution in [0, 0.1) is 6.92 Å². The lowest BCUT2D eigenvalue weighted by Gasteiger charge is -2.35. The highest BCUT2D eigenvalue weighted by Gasteiger charge is 2.24. The maximum absolute atomic E-state index is 12.4. The first-order valence-electron chi connectivity index (χ1n) is 7.40. The van der Waals surface area contributed by atoms with E-state index in [2.05, 4.69) is 5.32 Å². The Morgan fingerprint density at radius 2 is 1.59 bits per heavy atom. The fraction of sp³-hybridized carbons (Fsp3) is 0.500. The molecule has 2 amide bonds. The second-order valence-corrected chi connectivity index (χ2v) is 5.39. The molecule has 1 heterocycles. The van der Waals surface area contributed by atoms with Crippen molar-refractivity contribution in [2.45, 2.75) is 13.3 Å². The predicted molar refractivity (Wildman–Crippen MR) is 89.5 cm³/mol. The molecule has 1 saturated heterocycles. The van der Waals surface area contributed by atoms with Crippen molar-refractivity contribution in [3.63, 3.8) is 0 Å². The smallest absolute Gasteiger partial charge is 0.253 e. The summed E-state index contributed by atoms with van der Waals surface area (Å²) >= 11 is 0. The van der Waals surface area contributed by atoms with E-state index in [1.807, 2.05) is 48.0 Å². The number of benzene rings is 1. The first-order chi connectivity index (χ1) is 10.1. The second-order valence-electron chi connectivity index (χ2n) is 5.39. The van der Waals surface area contributed by atoms with Crippen LogP contribution in [-0.2, 0) is 4.79 Å². The highest BCUT2D eigenvalue weighted by atomic mass is 35.5. The van der Waals surface area contributed by atoms with Crippen LogP contribution in [0.1, 0.15) is 22.3 Å². The van der Waals surface area contributed by atoms with Crippen LogP contribution in [0.3, 0.4) is 0 Å². The zero-order valence-electron chi connectivity index (χ0n) is 13.2. The number of hydrogen-bond acceptors (Lipinski definition) is 3. The van der Waals surface area contributed by atoms with E-state index in [0.29, 0.717) is 39.1 Å². The molecule has 1 N–H and O–H groups in total. The molecule has 1 aliphatic heterocycles. The van der Waals surface area contributed by atoms with Crippen molar-refractivity contribution in [3.05, 3.63) is 35.4 Å². The summed E-state index contributed by atoms with van der Waals surface area (Å²) in [6.07, 6.45) is 0.516. The Morgan fingerprint density at radius 1 is 1.05 bits per heavy atom. The number of nitrogens with one attached hydrogen (secondary N) is 1. The molecule has 6 heteroatoms. The summed E-state index contributed by atoms with van der Waals surface area (Å²) < 4.78 is 0. The number of carbonyl (C=O) groups excluding carboxylic acids is 2. The maximum Gasteiger partial charge on any atom is 0.253 e. The standard InChI is InChI=1S/C16H23N3O2.ClH/c1-13-3-5-14(6-4-13)16(21)19-11-9-18(10-12-19)15(20)7-8-17-2;/h3-6,17H,7-12H2,1-2H3;1H. The fourth-order valence-corrected chi connectivity index (χ4v) is 2.43. The van der Waals surface area contributed by atoms with E-state index in [4.69, 9.17) is 0 Å². The molecule has 5 nitrogen and oxygen atoms in total. The molecule has 22 heavy (non-hydrogen) atoms. The Hall–Kier alpha value is -1.59. The number of halogens is 1. The minimum Gasteiger partial charge on any atom is -0.339 e. The third-order valence-electron chi connectivity index (χ3n) is 3.81. The number of carbonyl (C=O) groups is 2. The number of rotatable bonds is 4. The SMILES string of the molecule is CNCCC(=O)N1CCN(C(=O)c2ccc(C)cc2)CC1.Cl. The molecule has 1 aliphatic rings. The third-order valence-corrected chi connectivity index (χ3v) is 3.81. The molecule has 0 atom stereocenters. The lowest BCUT2D eigenvalue weighted by Crippen LogP contribution is -2.50. The van der Waals surface area contributed by atoms with Gasteiger partial charge in [-0.1, -0.05) is 17.7 Å². The van der Waals surface area contributed by atoms with Crippen molar-refractivity contribution >= 4 is 24.2 Å². The average molecular weight is 326 g/mol. The molecule has 0 aliphatic carbocycles. The Morgan fingerprint density at radius 3 is 2.14 bits per heavy atom. The van der Waals surface area contributed by atoms with Gasteiger partial charge in [-0.2, -0.15) is 0 Å². The number of piperazine rings is 1. The number of amides is 2. The lowest BCUT2D eigenvalue weighted by atomic mass is 10.1. The monoisotopic (exact) mass is 325 g/mol. The van der Waals surface area contributed by atoms with Crippen LogP contribution in [0.4, 0.5) is 0 Å². The molecular formula is C16H24ClN3O2. The average Bonchev–Trinajstić information content (AvgIpc) is 2.53. The van der Waals surface area contributed by atoms with Crippen LogP contribution < -0.4 is 5.32 Å². The third kappa shape index (κ3) is 4.71. The molecule has 1 fully saturated rings. The van der Waals surface area contributed by atoms with Gasteiger partial charge in [-0.05, 0) is 26.1 Å². The first kappa shape index (κ1) is 18.5. The number of aryl methyl sites for hydroxylation is 1. The molecule has 0 bridgehead atoms. The summed E-state index contributed by atoms with van der Waals surface area (Å²) in [5, 5.41) is 2.98. The van der Waals surface area contributed by atoms with Gasteiger partial charge in [0.05, 0.1) is 0 Å². The molecule has 0 radical (unpaired) electrons. The van der Waals surface area contributed by atoms with Gasteiger partial charge in [0.1, 0.15) is 0 Å². The Bertz CT molecular complexity index is 497. The highest BCUT2D eigenvalue weighted by molar-refractivity contribution is 5.94. The van der Waals surface area contributed by atoms with Crippen LogP contribution in [0.5, 0.6) is 0 Å². The van der Waals surface area contributed by atoms with Crippen molar-refractivity contribution in [2.24, 2.45) is 0 Å². The Labute approximate surface area is 138 Å². The van der Waals surface area contributed by atoms with Gasteiger partial charge in [-0.15, -0.1) is 12.4 Å². The van der Waals surface area contributed by atoms with E-state index in [1.165, 1.54) is 0 Å². The normalized spacial score (nSPS) is 14.5. The summed E-state index contributed by atoms with van der Waals surface area (Å²) in [5.74, 6) is 0.212. The highest BCUT2D eigenvalue weighted by Crippen LogP contribution is 2.10. The molecule has 1 aromatic carbocycles. The van der Waals surface area contributed by atoms with Crippen LogP contribution in [0.25, 0.3) is 0 Å². The largest absolute Gasteiger partial charge is 0.339 e. The van der Waals surface area contributed by atoms with Crippen LogP contribution >= 0.6 is 12.4 Å². The van der Waals surface area contributed by atoms with E-state index in [1.54, 1.807) is 0 Å².